The fourth-order valence-electron chi connectivity index (χ4n) is 2.62. The van der Waals surface area contributed by atoms with Crippen molar-refractivity contribution in [3.63, 3.8) is 0 Å². The number of methoxy groups -OCH3 is 1. The quantitative estimate of drug-likeness (QED) is 0.778. The molecule has 0 spiro atoms. The summed E-state index contributed by atoms with van der Waals surface area (Å²) in [7, 11) is 1.33. The molecule has 22 heavy (non-hydrogen) atoms. The second-order valence-electron chi connectivity index (χ2n) is 5.62. The lowest BCUT2D eigenvalue weighted by atomic mass is 10.0. The van der Waals surface area contributed by atoms with Gasteiger partial charge in [-0.1, -0.05) is 30.3 Å². The van der Waals surface area contributed by atoms with Crippen LogP contribution in [0.4, 0.5) is 0 Å². The maximum Gasteiger partial charge on any atom is 0.306 e. The number of hydrogen-bond donors (Lipinski definition) is 0. The third-order valence-corrected chi connectivity index (χ3v) is 3.90. The summed E-state index contributed by atoms with van der Waals surface area (Å²) in [5.74, 6) is -0.366. The van der Waals surface area contributed by atoms with Gasteiger partial charge in [0.25, 0.3) is 0 Å². The Balaban J connectivity index is 1.90. The van der Waals surface area contributed by atoms with Gasteiger partial charge in [0, 0.05) is 19.4 Å². The number of esters is 1. The summed E-state index contributed by atoms with van der Waals surface area (Å²) < 4.78 is 10.4. The molecule has 1 heterocycles. The van der Waals surface area contributed by atoms with Crippen molar-refractivity contribution in [2.24, 2.45) is 0 Å². The Labute approximate surface area is 131 Å². The van der Waals surface area contributed by atoms with Crippen LogP contribution in [0.2, 0.25) is 0 Å². The highest BCUT2D eigenvalue weighted by atomic mass is 16.5. The van der Waals surface area contributed by atoms with E-state index in [2.05, 4.69) is 16.9 Å². The minimum Gasteiger partial charge on any atom is -0.469 e. The summed E-state index contributed by atoms with van der Waals surface area (Å²) >= 11 is 0. The Morgan fingerprint density at radius 2 is 2.00 bits per heavy atom. The zero-order valence-corrected chi connectivity index (χ0v) is 13.2. The van der Waals surface area contributed by atoms with Crippen molar-refractivity contribution in [3.05, 3.63) is 35.9 Å². The predicted octanol–water partition coefficient (Wildman–Crippen LogP) is 1.80. The van der Waals surface area contributed by atoms with E-state index in [0.29, 0.717) is 13.2 Å². The molecule has 2 atom stereocenters. The van der Waals surface area contributed by atoms with E-state index in [0.717, 1.165) is 6.42 Å². The van der Waals surface area contributed by atoms with Crippen molar-refractivity contribution in [2.75, 3.05) is 20.3 Å². The molecule has 120 valence electrons. The van der Waals surface area contributed by atoms with Crippen LogP contribution in [-0.4, -0.2) is 49.2 Å². The van der Waals surface area contributed by atoms with E-state index in [4.69, 9.17) is 4.74 Å². The van der Waals surface area contributed by atoms with Crippen LogP contribution in [0.5, 0.6) is 0 Å². The SMILES string of the molecule is COC(=O)CCC(=O)N1CC(Cc2ccccc2)OCC1C. The average Bonchev–Trinajstić information content (AvgIpc) is 2.55. The highest BCUT2D eigenvalue weighted by Gasteiger charge is 2.29. The van der Waals surface area contributed by atoms with E-state index in [1.165, 1.54) is 12.7 Å². The molecule has 0 aliphatic carbocycles. The monoisotopic (exact) mass is 305 g/mol. The van der Waals surface area contributed by atoms with Gasteiger partial charge in [-0.15, -0.1) is 0 Å². The number of hydrogen-bond acceptors (Lipinski definition) is 4. The van der Waals surface area contributed by atoms with Crippen molar-refractivity contribution in [1.82, 2.24) is 4.90 Å². The van der Waals surface area contributed by atoms with Crippen molar-refractivity contribution >= 4 is 11.9 Å². The molecule has 0 aromatic heterocycles. The van der Waals surface area contributed by atoms with Crippen LogP contribution in [0.3, 0.4) is 0 Å². The molecule has 1 aromatic rings. The molecule has 2 rings (SSSR count). The van der Waals surface area contributed by atoms with Gasteiger partial charge in [-0.3, -0.25) is 9.59 Å². The van der Waals surface area contributed by atoms with E-state index in [9.17, 15) is 9.59 Å². The van der Waals surface area contributed by atoms with E-state index in [1.54, 1.807) is 0 Å². The van der Waals surface area contributed by atoms with E-state index in [1.807, 2.05) is 30.0 Å². The van der Waals surface area contributed by atoms with Gasteiger partial charge in [-0.25, -0.2) is 0 Å². The fourth-order valence-corrected chi connectivity index (χ4v) is 2.62. The van der Waals surface area contributed by atoms with Gasteiger partial charge < -0.3 is 14.4 Å². The number of amides is 1. The molecule has 2 unspecified atom stereocenters. The number of nitrogens with zero attached hydrogens (tertiary/aromatic N) is 1. The summed E-state index contributed by atoms with van der Waals surface area (Å²) in [5, 5.41) is 0. The lowest BCUT2D eigenvalue weighted by molar-refractivity contribution is -0.148. The van der Waals surface area contributed by atoms with Gasteiger partial charge in [0.05, 0.1) is 32.3 Å². The fraction of sp³-hybridized carbons (Fsp3) is 0.529. The first-order chi connectivity index (χ1) is 10.6. The maximum absolute atomic E-state index is 12.3. The van der Waals surface area contributed by atoms with Gasteiger partial charge in [-0.2, -0.15) is 0 Å². The van der Waals surface area contributed by atoms with Crippen molar-refractivity contribution in [2.45, 2.75) is 38.3 Å². The highest BCUT2D eigenvalue weighted by molar-refractivity contribution is 5.81. The molecule has 1 amide bonds. The standard InChI is InChI=1S/C17H23NO4/c1-13-12-22-15(10-14-6-4-3-5-7-14)11-18(13)16(19)8-9-17(20)21-2/h3-7,13,15H,8-12H2,1-2H3. The predicted molar refractivity (Wildman–Crippen MR) is 82.3 cm³/mol. The average molecular weight is 305 g/mol. The number of rotatable bonds is 5. The third-order valence-electron chi connectivity index (χ3n) is 3.90. The minimum atomic E-state index is -0.352. The molecule has 0 N–H and O–H groups in total. The molecule has 0 bridgehead atoms. The van der Waals surface area contributed by atoms with Crippen molar-refractivity contribution in [3.8, 4) is 0 Å². The Kier molecular flexibility index (Phi) is 5.95. The van der Waals surface area contributed by atoms with Crippen LogP contribution in [0.25, 0.3) is 0 Å². The molecule has 0 radical (unpaired) electrons. The van der Waals surface area contributed by atoms with Gasteiger partial charge >= 0.3 is 5.97 Å². The van der Waals surface area contributed by atoms with Crippen LogP contribution in [-0.2, 0) is 25.5 Å². The van der Waals surface area contributed by atoms with Gasteiger partial charge in [0.2, 0.25) is 5.91 Å². The first kappa shape index (κ1) is 16.5. The van der Waals surface area contributed by atoms with Crippen LogP contribution in [0.1, 0.15) is 25.3 Å². The molecule has 1 aliphatic rings. The molecular formula is C17H23NO4. The molecule has 1 fully saturated rings. The van der Waals surface area contributed by atoms with Gasteiger partial charge in [0.1, 0.15) is 0 Å². The van der Waals surface area contributed by atoms with E-state index >= 15 is 0 Å². The maximum atomic E-state index is 12.3. The highest BCUT2D eigenvalue weighted by Crippen LogP contribution is 2.17. The molecule has 5 nitrogen and oxygen atoms in total. The number of carbonyl (C=O) groups is 2. The number of carbonyl (C=O) groups excluding carboxylic acids is 2. The Hall–Kier alpha value is -1.88. The number of morpholine rings is 1. The summed E-state index contributed by atoms with van der Waals surface area (Å²) in [5.41, 5.74) is 1.20. The molecule has 1 aromatic carbocycles. The van der Waals surface area contributed by atoms with E-state index < -0.39 is 0 Å². The van der Waals surface area contributed by atoms with Crippen LogP contribution in [0.15, 0.2) is 30.3 Å². The normalized spacial score (nSPS) is 21.5. The summed E-state index contributed by atoms with van der Waals surface area (Å²) in [4.78, 5) is 25.3. The second-order valence-corrected chi connectivity index (χ2v) is 5.62. The minimum absolute atomic E-state index is 0.000627. The Bertz CT molecular complexity index is 503. The Morgan fingerprint density at radius 1 is 1.27 bits per heavy atom. The molecule has 5 heteroatoms. The summed E-state index contributed by atoms with van der Waals surface area (Å²) in [6.45, 7) is 3.06. The van der Waals surface area contributed by atoms with Crippen molar-refractivity contribution < 1.29 is 19.1 Å². The molecule has 1 saturated heterocycles. The van der Waals surface area contributed by atoms with Gasteiger partial charge in [-0.05, 0) is 12.5 Å². The molecule has 0 saturated carbocycles. The number of ether oxygens (including phenoxy) is 2. The lowest BCUT2D eigenvalue weighted by Gasteiger charge is -2.38. The zero-order valence-electron chi connectivity index (χ0n) is 13.2. The number of benzene rings is 1. The zero-order chi connectivity index (χ0) is 15.9. The third kappa shape index (κ3) is 4.56. The lowest BCUT2D eigenvalue weighted by Crippen LogP contribution is -2.51. The molecule has 1 aliphatic heterocycles. The van der Waals surface area contributed by atoms with Crippen LogP contribution < -0.4 is 0 Å². The molecular weight excluding hydrogens is 282 g/mol. The second kappa shape index (κ2) is 7.94. The van der Waals surface area contributed by atoms with Crippen LogP contribution in [0, 0.1) is 0 Å². The Morgan fingerprint density at radius 3 is 2.68 bits per heavy atom. The van der Waals surface area contributed by atoms with Crippen LogP contribution >= 0.6 is 0 Å². The van der Waals surface area contributed by atoms with Crippen molar-refractivity contribution in [1.29, 1.82) is 0 Å². The topological polar surface area (TPSA) is 55.8 Å². The van der Waals surface area contributed by atoms with E-state index in [-0.39, 0.29) is 36.9 Å². The summed E-state index contributed by atoms with van der Waals surface area (Å²) in [6, 6.07) is 10.1. The summed E-state index contributed by atoms with van der Waals surface area (Å²) in [6.07, 6.45) is 1.10. The van der Waals surface area contributed by atoms with Gasteiger partial charge in [0.15, 0.2) is 0 Å². The smallest absolute Gasteiger partial charge is 0.306 e. The first-order valence-corrected chi connectivity index (χ1v) is 7.62. The largest absolute Gasteiger partial charge is 0.469 e. The first-order valence-electron chi connectivity index (χ1n) is 7.62.